The van der Waals surface area contributed by atoms with E-state index in [1.165, 1.54) is 0 Å². The van der Waals surface area contributed by atoms with Crippen LogP contribution in [0.4, 0.5) is 0 Å². The minimum atomic E-state index is -0.419. The zero-order valence-corrected chi connectivity index (χ0v) is 15.7. The minimum Gasteiger partial charge on any atom is -0.394 e. The molecule has 1 aliphatic heterocycles. The average Bonchev–Trinajstić information content (AvgIpc) is 2.54. The molecule has 1 fully saturated rings. The fourth-order valence-electron chi connectivity index (χ4n) is 3.00. The first-order chi connectivity index (χ1) is 10.9. The molecule has 2 rings (SSSR count). The van der Waals surface area contributed by atoms with Gasteiger partial charge in [-0.15, -0.1) is 0 Å². The van der Waals surface area contributed by atoms with Crippen LogP contribution in [0, 0.1) is 0 Å². The van der Waals surface area contributed by atoms with Gasteiger partial charge in [0.2, 0.25) is 5.91 Å². The van der Waals surface area contributed by atoms with Gasteiger partial charge in [-0.1, -0.05) is 28.1 Å². The molecule has 1 aliphatic rings. The van der Waals surface area contributed by atoms with Crippen molar-refractivity contribution in [1.29, 1.82) is 0 Å². The molecule has 1 aromatic carbocycles. The molecule has 1 saturated heterocycles. The van der Waals surface area contributed by atoms with E-state index in [9.17, 15) is 9.90 Å². The van der Waals surface area contributed by atoms with E-state index in [4.69, 9.17) is 0 Å². The SMILES string of the molecule is CN(C)CC(=O)N1CCN(C(C)(CO)c2ccc(Br)cc2)CC1. The van der Waals surface area contributed by atoms with Crippen molar-refractivity contribution in [3.05, 3.63) is 34.3 Å². The fourth-order valence-corrected chi connectivity index (χ4v) is 3.27. The van der Waals surface area contributed by atoms with Crippen molar-refractivity contribution in [2.24, 2.45) is 0 Å². The molecule has 1 amide bonds. The molecule has 0 spiro atoms. The molecule has 5 nitrogen and oxygen atoms in total. The molecular formula is C17H26BrN3O2. The van der Waals surface area contributed by atoms with Crippen molar-refractivity contribution in [2.75, 3.05) is 53.4 Å². The maximum Gasteiger partial charge on any atom is 0.236 e. The zero-order chi connectivity index (χ0) is 17.0. The van der Waals surface area contributed by atoms with Crippen LogP contribution in [0.2, 0.25) is 0 Å². The van der Waals surface area contributed by atoms with Crippen LogP contribution in [0.15, 0.2) is 28.7 Å². The summed E-state index contributed by atoms with van der Waals surface area (Å²) in [6.07, 6.45) is 0. The van der Waals surface area contributed by atoms with Gasteiger partial charge in [-0.05, 0) is 38.7 Å². The number of aliphatic hydroxyl groups is 1. The van der Waals surface area contributed by atoms with Crippen LogP contribution in [0.25, 0.3) is 0 Å². The predicted octanol–water partition coefficient (Wildman–Crippen LogP) is 1.36. The highest BCUT2D eigenvalue weighted by Crippen LogP contribution is 2.30. The number of rotatable bonds is 5. The number of hydrogen-bond acceptors (Lipinski definition) is 4. The summed E-state index contributed by atoms with van der Waals surface area (Å²) in [5, 5.41) is 10.0. The van der Waals surface area contributed by atoms with Crippen LogP contribution in [-0.2, 0) is 10.3 Å². The van der Waals surface area contributed by atoms with E-state index < -0.39 is 5.54 Å². The number of hydrogen-bond donors (Lipinski definition) is 1. The van der Waals surface area contributed by atoms with Crippen LogP contribution >= 0.6 is 15.9 Å². The Morgan fingerprint density at radius 1 is 1.22 bits per heavy atom. The van der Waals surface area contributed by atoms with Gasteiger partial charge in [0.05, 0.1) is 18.7 Å². The Balaban J connectivity index is 2.04. The first-order valence-electron chi connectivity index (χ1n) is 7.91. The Labute approximate surface area is 147 Å². The van der Waals surface area contributed by atoms with Crippen molar-refractivity contribution >= 4 is 21.8 Å². The number of piperazine rings is 1. The summed E-state index contributed by atoms with van der Waals surface area (Å²) in [6.45, 7) is 5.52. The summed E-state index contributed by atoms with van der Waals surface area (Å²) >= 11 is 3.45. The predicted molar refractivity (Wildman–Crippen MR) is 95.3 cm³/mol. The quantitative estimate of drug-likeness (QED) is 0.833. The van der Waals surface area contributed by atoms with Crippen LogP contribution < -0.4 is 0 Å². The molecular weight excluding hydrogens is 358 g/mol. The second kappa shape index (κ2) is 7.75. The molecule has 0 aromatic heterocycles. The van der Waals surface area contributed by atoms with E-state index in [0.717, 1.165) is 23.1 Å². The van der Waals surface area contributed by atoms with E-state index in [1.807, 2.05) is 48.2 Å². The Hall–Kier alpha value is -0.950. The van der Waals surface area contributed by atoms with E-state index in [1.54, 1.807) is 0 Å². The first kappa shape index (κ1) is 18.4. The Bertz CT molecular complexity index is 527. The second-order valence-electron chi connectivity index (χ2n) is 6.54. The van der Waals surface area contributed by atoms with E-state index in [-0.39, 0.29) is 12.5 Å². The van der Waals surface area contributed by atoms with Gasteiger partial charge in [0.15, 0.2) is 0 Å². The molecule has 0 radical (unpaired) electrons. The lowest BCUT2D eigenvalue weighted by Crippen LogP contribution is -2.57. The van der Waals surface area contributed by atoms with Crippen molar-refractivity contribution in [3.8, 4) is 0 Å². The second-order valence-corrected chi connectivity index (χ2v) is 7.46. The first-order valence-corrected chi connectivity index (χ1v) is 8.70. The molecule has 0 bridgehead atoms. The van der Waals surface area contributed by atoms with Gasteiger partial charge in [-0.3, -0.25) is 9.69 Å². The third-order valence-corrected chi connectivity index (χ3v) is 5.08. The Morgan fingerprint density at radius 2 is 1.78 bits per heavy atom. The molecule has 1 unspecified atom stereocenters. The Morgan fingerprint density at radius 3 is 2.26 bits per heavy atom. The summed E-state index contributed by atoms with van der Waals surface area (Å²) in [5.41, 5.74) is 0.675. The molecule has 0 aliphatic carbocycles. The maximum absolute atomic E-state index is 12.2. The van der Waals surface area contributed by atoms with Gasteiger partial charge in [0.25, 0.3) is 0 Å². The van der Waals surface area contributed by atoms with E-state index >= 15 is 0 Å². The van der Waals surface area contributed by atoms with Gasteiger partial charge in [0.1, 0.15) is 0 Å². The van der Waals surface area contributed by atoms with Crippen molar-refractivity contribution in [2.45, 2.75) is 12.5 Å². The number of amides is 1. The lowest BCUT2D eigenvalue weighted by Gasteiger charge is -2.45. The monoisotopic (exact) mass is 383 g/mol. The van der Waals surface area contributed by atoms with Gasteiger partial charge < -0.3 is 14.9 Å². The molecule has 6 heteroatoms. The Kier molecular flexibility index (Phi) is 6.19. The normalized spacial score (nSPS) is 19.0. The molecule has 1 aromatic rings. The van der Waals surface area contributed by atoms with Gasteiger partial charge in [-0.25, -0.2) is 0 Å². The highest BCUT2D eigenvalue weighted by Gasteiger charge is 2.35. The highest BCUT2D eigenvalue weighted by molar-refractivity contribution is 9.10. The molecule has 128 valence electrons. The van der Waals surface area contributed by atoms with Crippen LogP contribution in [0.1, 0.15) is 12.5 Å². The summed E-state index contributed by atoms with van der Waals surface area (Å²) in [5.74, 6) is 0.170. The largest absolute Gasteiger partial charge is 0.394 e. The van der Waals surface area contributed by atoms with Crippen molar-refractivity contribution in [1.82, 2.24) is 14.7 Å². The van der Waals surface area contributed by atoms with Gasteiger partial charge in [-0.2, -0.15) is 0 Å². The van der Waals surface area contributed by atoms with Gasteiger partial charge in [0, 0.05) is 30.7 Å². The lowest BCUT2D eigenvalue weighted by atomic mass is 9.90. The van der Waals surface area contributed by atoms with E-state index in [0.29, 0.717) is 19.6 Å². The topological polar surface area (TPSA) is 47.0 Å². The molecule has 0 saturated carbocycles. The molecule has 1 atom stereocenters. The van der Waals surface area contributed by atoms with Crippen molar-refractivity contribution in [3.63, 3.8) is 0 Å². The third-order valence-electron chi connectivity index (χ3n) is 4.56. The number of aliphatic hydroxyl groups excluding tert-OH is 1. The number of benzene rings is 1. The molecule has 23 heavy (non-hydrogen) atoms. The van der Waals surface area contributed by atoms with Crippen LogP contribution in [-0.4, -0.2) is 79.1 Å². The number of carbonyl (C=O) groups is 1. The molecule has 1 N–H and O–H groups in total. The number of halogens is 1. The summed E-state index contributed by atoms with van der Waals surface area (Å²) in [6, 6.07) is 8.09. The average molecular weight is 384 g/mol. The molecule has 1 heterocycles. The lowest BCUT2D eigenvalue weighted by molar-refractivity contribution is -0.134. The standard InChI is InChI=1S/C17H26BrN3O2/c1-17(13-22,14-4-6-15(18)7-5-14)21-10-8-20(9-11-21)16(23)12-19(2)3/h4-7,22H,8-13H2,1-3H3. The zero-order valence-electron chi connectivity index (χ0n) is 14.1. The smallest absolute Gasteiger partial charge is 0.236 e. The van der Waals surface area contributed by atoms with Crippen LogP contribution in [0.5, 0.6) is 0 Å². The fraction of sp³-hybridized carbons (Fsp3) is 0.588. The number of carbonyl (C=O) groups excluding carboxylic acids is 1. The highest BCUT2D eigenvalue weighted by atomic mass is 79.9. The van der Waals surface area contributed by atoms with Gasteiger partial charge >= 0.3 is 0 Å². The maximum atomic E-state index is 12.2. The summed E-state index contributed by atoms with van der Waals surface area (Å²) < 4.78 is 1.03. The number of likely N-dealkylation sites (N-methyl/N-ethyl adjacent to an activating group) is 1. The number of nitrogens with zero attached hydrogens (tertiary/aromatic N) is 3. The van der Waals surface area contributed by atoms with Crippen molar-refractivity contribution < 1.29 is 9.90 Å². The third kappa shape index (κ3) is 4.32. The van der Waals surface area contributed by atoms with E-state index in [2.05, 4.69) is 27.8 Å². The van der Waals surface area contributed by atoms with Crippen LogP contribution in [0.3, 0.4) is 0 Å². The summed E-state index contributed by atoms with van der Waals surface area (Å²) in [7, 11) is 3.81. The summed E-state index contributed by atoms with van der Waals surface area (Å²) in [4.78, 5) is 18.2. The minimum absolute atomic E-state index is 0.0558.